The van der Waals surface area contributed by atoms with E-state index in [1.54, 1.807) is 11.3 Å². The zero-order valence-electron chi connectivity index (χ0n) is 13.5. The standard InChI is InChI=1S/C18H21N5S/c1-2-6-19-18(3-1)20-9-16-11-22(10-15-5-8-24-14-15)13-17-4-7-21-23(17)12-16/h1-8,14,16H,9-13H2,(H,19,20)/t16-/m1/s1. The molecule has 0 saturated heterocycles. The van der Waals surface area contributed by atoms with Crippen LogP contribution in [0.4, 0.5) is 5.82 Å². The summed E-state index contributed by atoms with van der Waals surface area (Å²) in [4.78, 5) is 6.88. The molecule has 124 valence electrons. The van der Waals surface area contributed by atoms with Crippen molar-refractivity contribution in [3.63, 3.8) is 0 Å². The van der Waals surface area contributed by atoms with Crippen LogP contribution in [-0.4, -0.2) is 32.8 Å². The zero-order chi connectivity index (χ0) is 16.2. The Kier molecular flexibility index (Phi) is 4.57. The first kappa shape index (κ1) is 15.4. The lowest BCUT2D eigenvalue weighted by molar-refractivity contribution is 0.226. The van der Waals surface area contributed by atoms with E-state index in [2.05, 4.69) is 47.9 Å². The van der Waals surface area contributed by atoms with Crippen LogP contribution in [0.15, 0.2) is 53.5 Å². The molecule has 0 aromatic carbocycles. The number of nitrogens with zero attached hydrogens (tertiary/aromatic N) is 4. The van der Waals surface area contributed by atoms with E-state index in [4.69, 9.17) is 0 Å². The number of hydrogen-bond acceptors (Lipinski definition) is 5. The maximum absolute atomic E-state index is 4.50. The first-order valence-electron chi connectivity index (χ1n) is 8.26. The number of thiophene rings is 1. The molecule has 0 aliphatic carbocycles. The molecule has 0 unspecified atom stereocenters. The summed E-state index contributed by atoms with van der Waals surface area (Å²) in [6.07, 6.45) is 3.73. The molecule has 1 aliphatic rings. The van der Waals surface area contributed by atoms with Gasteiger partial charge in [0.25, 0.3) is 0 Å². The summed E-state index contributed by atoms with van der Waals surface area (Å²) >= 11 is 1.76. The molecule has 1 aliphatic heterocycles. The fourth-order valence-electron chi connectivity index (χ4n) is 3.23. The summed E-state index contributed by atoms with van der Waals surface area (Å²) < 4.78 is 2.15. The molecule has 0 bridgehead atoms. The van der Waals surface area contributed by atoms with Gasteiger partial charge in [-0.1, -0.05) is 6.07 Å². The van der Waals surface area contributed by atoms with Crippen molar-refractivity contribution in [1.82, 2.24) is 19.7 Å². The van der Waals surface area contributed by atoms with Gasteiger partial charge in [0.15, 0.2) is 0 Å². The predicted octanol–water partition coefficient (Wildman–Crippen LogP) is 3.08. The van der Waals surface area contributed by atoms with E-state index in [9.17, 15) is 0 Å². The molecule has 24 heavy (non-hydrogen) atoms. The second-order valence-corrected chi connectivity index (χ2v) is 7.05. The molecule has 3 aromatic heterocycles. The largest absolute Gasteiger partial charge is 0.370 e. The molecule has 4 rings (SSSR count). The lowest BCUT2D eigenvalue weighted by atomic mass is 10.1. The monoisotopic (exact) mass is 339 g/mol. The highest BCUT2D eigenvalue weighted by Crippen LogP contribution is 2.19. The number of rotatable bonds is 5. The minimum Gasteiger partial charge on any atom is -0.370 e. The summed E-state index contributed by atoms with van der Waals surface area (Å²) in [6, 6.07) is 10.3. The molecule has 0 fully saturated rings. The lowest BCUT2D eigenvalue weighted by Crippen LogP contribution is -2.31. The third kappa shape index (κ3) is 3.66. The Morgan fingerprint density at radius 3 is 3.00 bits per heavy atom. The van der Waals surface area contributed by atoms with Gasteiger partial charge < -0.3 is 5.32 Å². The van der Waals surface area contributed by atoms with Gasteiger partial charge in [0, 0.05) is 51.0 Å². The van der Waals surface area contributed by atoms with E-state index in [1.165, 1.54) is 11.3 Å². The molecule has 1 N–H and O–H groups in total. The van der Waals surface area contributed by atoms with Crippen LogP contribution >= 0.6 is 11.3 Å². The van der Waals surface area contributed by atoms with Gasteiger partial charge in [-0.15, -0.1) is 0 Å². The van der Waals surface area contributed by atoms with Crippen molar-refractivity contribution in [3.8, 4) is 0 Å². The maximum atomic E-state index is 4.50. The normalized spacial score (nSPS) is 18.1. The van der Waals surface area contributed by atoms with E-state index >= 15 is 0 Å². The molecule has 4 heterocycles. The molecule has 6 heteroatoms. The molecule has 5 nitrogen and oxygen atoms in total. The predicted molar refractivity (Wildman–Crippen MR) is 96.9 cm³/mol. The van der Waals surface area contributed by atoms with Crippen LogP contribution in [0.1, 0.15) is 11.3 Å². The van der Waals surface area contributed by atoms with Crippen molar-refractivity contribution < 1.29 is 0 Å². The molecule has 1 atom stereocenters. The van der Waals surface area contributed by atoms with Gasteiger partial charge in [0.05, 0.1) is 5.69 Å². The van der Waals surface area contributed by atoms with Crippen LogP contribution in [0.5, 0.6) is 0 Å². The number of aromatic nitrogens is 3. The minimum absolute atomic E-state index is 0.492. The summed E-state index contributed by atoms with van der Waals surface area (Å²) in [6.45, 7) is 4.85. The third-order valence-electron chi connectivity index (χ3n) is 4.36. The number of anilines is 1. The lowest BCUT2D eigenvalue weighted by Gasteiger charge is -2.23. The van der Waals surface area contributed by atoms with Gasteiger partial charge in [-0.2, -0.15) is 16.4 Å². The van der Waals surface area contributed by atoms with Crippen LogP contribution in [0.25, 0.3) is 0 Å². The van der Waals surface area contributed by atoms with Crippen molar-refractivity contribution in [1.29, 1.82) is 0 Å². The van der Waals surface area contributed by atoms with Crippen LogP contribution < -0.4 is 5.32 Å². The first-order chi connectivity index (χ1) is 11.9. The van der Waals surface area contributed by atoms with Crippen molar-refractivity contribution >= 4 is 17.2 Å². The summed E-state index contributed by atoms with van der Waals surface area (Å²) in [5, 5.41) is 12.4. The molecular weight excluding hydrogens is 318 g/mol. The average molecular weight is 339 g/mol. The van der Waals surface area contributed by atoms with Crippen LogP contribution in [-0.2, 0) is 19.6 Å². The van der Waals surface area contributed by atoms with E-state index in [1.807, 2.05) is 30.6 Å². The van der Waals surface area contributed by atoms with Crippen molar-refractivity contribution in [2.75, 3.05) is 18.4 Å². The summed E-state index contributed by atoms with van der Waals surface area (Å²) in [7, 11) is 0. The van der Waals surface area contributed by atoms with Gasteiger partial charge in [-0.25, -0.2) is 4.98 Å². The quantitative estimate of drug-likeness (QED) is 0.776. The minimum atomic E-state index is 0.492. The highest BCUT2D eigenvalue weighted by atomic mass is 32.1. The Hall–Kier alpha value is -2.18. The fourth-order valence-corrected chi connectivity index (χ4v) is 3.89. The third-order valence-corrected chi connectivity index (χ3v) is 5.09. The summed E-state index contributed by atoms with van der Waals surface area (Å²) in [5.41, 5.74) is 2.69. The van der Waals surface area contributed by atoms with E-state index in [0.29, 0.717) is 5.92 Å². The first-order valence-corrected chi connectivity index (χ1v) is 9.20. The fraction of sp³-hybridized carbons (Fsp3) is 0.333. The maximum Gasteiger partial charge on any atom is 0.125 e. The van der Waals surface area contributed by atoms with Crippen molar-refractivity contribution in [3.05, 3.63) is 64.7 Å². The SMILES string of the molecule is c1ccc(NC[C@@H]2CN(Cc3ccsc3)Cc3ccnn3C2)nc1. The molecule has 3 aromatic rings. The van der Waals surface area contributed by atoms with Crippen LogP contribution in [0, 0.1) is 5.92 Å². The number of pyridine rings is 1. The van der Waals surface area contributed by atoms with Crippen molar-refractivity contribution in [2.45, 2.75) is 19.6 Å². The highest BCUT2D eigenvalue weighted by molar-refractivity contribution is 7.07. The smallest absolute Gasteiger partial charge is 0.125 e. The Bertz CT molecular complexity index is 753. The Morgan fingerprint density at radius 2 is 2.17 bits per heavy atom. The van der Waals surface area contributed by atoms with E-state index in [-0.39, 0.29) is 0 Å². The van der Waals surface area contributed by atoms with Gasteiger partial charge in [-0.3, -0.25) is 9.58 Å². The van der Waals surface area contributed by atoms with Gasteiger partial charge in [0.2, 0.25) is 0 Å². The Morgan fingerprint density at radius 1 is 1.17 bits per heavy atom. The molecule has 0 radical (unpaired) electrons. The average Bonchev–Trinajstić information content (AvgIpc) is 3.23. The second-order valence-electron chi connectivity index (χ2n) is 6.27. The Balaban J connectivity index is 1.46. The molecule has 0 spiro atoms. The molecular formula is C18H21N5S. The van der Waals surface area contributed by atoms with Gasteiger partial charge >= 0.3 is 0 Å². The van der Waals surface area contributed by atoms with E-state index < -0.39 is 0 Å². The number of nitrogens with one attached hydrogen (secondary N) is 1. The van der Waals surface area contributed by atoms with Crippen molar-refractivity contribution in [2.24, 2.45) is 5.92 Å². The summed E-state index contributed by atoms with van der Waals surface area (Å²) in [5.74, 6) is 1.43. The van der Waals surface area contributed by atoms with Gasteiger partial charge in [0.1, 0.15) is 5.82 Å². The highest BCUT2D eigenvalue weighted by Gasteiger charge is 2.22. The molecule has 0 amide bonds. The topological polar surface area (TPSA) is 46.0 Å². The van der Waals surface area contributed by atoms with Crippen LogP contribution in [0.3, 0.4) is 0 Å². The van der Waals surface area contributed by atoms with E-state index in [0.717, 1.165) is 38.5 Å². The number of hydrogen-bond donors (Lipinski definition) is 1. The van der Waals surface area contributed by atoms with Crippen LogP contribution in [0.2, 0.25) is 0 Å². The Labute approximate surface area is 146 Å². The second kappa shape index (κ2) is 7.15. The zero-order valence-corrected chi connectivity index (χ0v) is 14.3. The van der Waals surface area contributed by atoms with Gasteiger partial charge in [-0.05, 0) is 40.6 Å². The molecule has 0 saturated carbocycles. The number of fused-ring (bicyclic) bond motifs is 1.